The Morgan fingerprint density at radius 3 is 3.11 bits per heavy atom. The summed E-state index contributed by atoms with van der Waals surface area (Å²) in [6.07, 6.45) is 5.91. The van der Waals surface area contributed by atoms with E-state index in [2.05, 4.69) is 23.2 Å². The highest BCUT2D eigenvalue weighted by Crippen LogP contribution is 2.21. The fourth-order valence-electron chi connectivity index (χ4n) is 2.96. The van der Waals surface area contributed by atoms with Crippen molar-refractivity contribution in [2.45, 2.75) is 31.8 Å². The number of rotatable bonds is 3. The lowest BCUT2D eigenvalue weighted by atomic mass is 10.0. The minimum atomic E-state index is 0.0465. The summed E-state index contributed by atoms with van der Waals surface area (Å²) in [5.74, 6) is 0.258. The number of nitrogens with zero attached hydrogens (tertiary/aromatic N) is 3. The van der Waals surface area contributed by atoms with E-state index < -0.39 is 0 Å². The van der Waals surface area contributed by atoms with E-state index in [1.54, 1.807) is 0 Å². The zero-order valence-corrected chi connectivity index (χ0v) is 11.5. The third-order valence-electron chi connectivity index (χ3n) is 4.04. The lowest BCUT2D eigenvalue weighted by Gasteiger charge is -2.22. The second-order valence-electron chi connectivity index (χ2n) is 5.67. The standard InChI is InChI=1S/C14H21N3O2/c1-16-6-2-4-11(9-16)13-8-12(19-15-13)10-17-7-3-5-14(17)18/h4,12H,2-3,5-10H2,1H3. The molecular formula is C14H21N3O2. The van der Waals surface area contributed by atoms with E-state index in [0.29, 0.717) is 13.0 Å². The van der Waals surface area contributed by atoms with Gasteiger partial charge in [0.25, 0.3) is 0 Å². The smallest absolute Gasteiger partial charge is 0.222 e. The summed E-state index contributed by atoms with van der Waals surface area (Å²) in [6.45, 7) is 3.63. The van der Waals surface area contributed by atoms with Crippen molar-refractivity contribution in [3.63, 3.8) is 0 Å². The van der Waals surface area contributed by atoms with Gasteiger partial charge >= 0.3 is 0 Å². The van der Waals surface area contributed by atoms with Crippen molar-refractivity contribution in [2.24, 2.45) is 5.16 Å². The first-order valence-corrected chi connectivity index (χ1v) is 7.11. The maximum absolute atomic E-state index is 11.6. The number of likely N-dealkylation sites (tertiary alicyclic amines) is 1. The molecule has 1 unspecified atom stereocenters. The van der Waals surface area contributed by atoms with Crippen LogP contribution >= 0.6 is 0 Å². The molecule has 0 N–H and O–H groups in total. The topological polar surface area (TPSA) is 45.1 Å². The van der Waals surface area contributed by atoms with E-state index in [1.165, 1.54) is 5.57 Å². The predicted octanol–water partition coefficient (Wildman–Crippen LogP) is 1.02. The van der Waals surface area contributed by atoms with Crippen molar-refractivity contribution in [2.75, 3.05) is 33.2 Å². The van der Waals surface area contributed by atoms with Crippen LogP contribution in [0.15, 0.2) is 16.8 Å². The zero-order chi connectivity index (χ0) is 13.2. The van der Waals surface area contributed by atoms with Crippen LogP contribution in [0.4, 0.5) is 0 Å². The molecule has 3 heterocycles. The van der Waals surface area contributed by atoms with Crippen LogP contribution in [0.25, 0.3) is 0 Å². The van der Waals surface area contributed by atoms with Crippen LogP contribution in [0.1, 0.15) is 25.7 Å². The van der Waals surface area contributed by atoms with Gasteiger partial charge in [-0.3, -0.25) is 4.79 Å². The molecule has 3 rings (SSSR count). The average Bonchev–Trinajstić information content (AvgIpc) is 3.00. The van der Waals surface area contributed by atoms with Crippen molar-refractivity contribution in [3.8, 4) is 0 Å². The van der Waals surface area contributed by atoms with E-state index in [0.717, 1.165) is 44.6 Å². The minimum Gasteiger partial charge on any atom is -0.390 e. The molecule has 0 bridgehead atoms. The Morgan fingerprint density at radius 2 is 2.37 bits per heavy atom. The van der Waals surface area contributed by atoms with Gasteiger partial charge in [0.1, 0.15) is 0 Å². The number of amides is 1. The molecule has 0 saturated carbocycles. The molecule has 0 spiro atoms. The summed E-state index contributed by atoms with van der Waals surface area (Å²) >= 11 is 0. The fourth-order valence-corrected chi connectivity index (χ4v) is 2.96. The first kappa shape index (κ1) is 12.7. The van der Waals surface area contributed by atoms with Crippen LogP contribution in [-0.2, 0) is 9.63 Å². The molecule has 1 amide bonds. The van der Waals surface area contributed by atoms with E-state index in [1.807, 2.05) is 4.90 Å². The fraction of sp³-hybridized carbons (Fsp3) is 0.714. The van der Waals surface area contributed by atoms with Crippen LogP contribution in [0.5, 0.6) is 0 Å². The molecule has 1 atom stereocenters. The average molecular weight is 263 g/mol. The Labute approximate surface area is 113 Å². The maximum atomic E-state index is 11.6. The van der Waals surface area contributed by atoms with Gasteiger partial charge in [-0.05, 0) is 25.5 Å². The van der Waals surface area contributed by atoms with Gasteiger partial charge in [-0.2, -0.15) is 0 Å². The Hall–Kier alpha value is -1.36. The monoisotopic (exact) mass is 263 g/mol. The molecular weight excluding hydrogens is 242 g/mol. The summed E-state index contributed by atoms with van der Waals surface area (Å²) in [6, 6.07) is 0. The molecule has 0 aromatic rings. The summed E-state index contributed by atoms with van der Waals surface area (Å²) in [7, 11) is 2.13. The quantitative estimate of drug-likeness (QED) is 0.763. The number of likely N-dealkylation sites (N-methyl/N-ethyl adjacent to an activating group) is 1. The highest BCUT2D eigenvalue weighted by Gasteiger charge is 2.29. The molecule has 0 aromatic heterocycles. The molecule has 1 fully saturated rings. The van der Waals surface area contributed by atoms with Crippen LogP contribution < -0.4 is 0 Å². The lowest BCUT2D eigenvalue weighted by molar-refractivity contribution is -0.129. The van der Waals surface area contributed by atoms with Crippen molar-refractivity contribution < 1.29 is 9.63 Å². The van der Waals surface area contributed by atoms with Crippen LogP contribution in [0.3, 0.4) is 0 Å². The van der Waals surface area contributed by atoms with Crippen LogP contribution in [0, 0.1) is 0 Å². The minimum absolute atomic E-state index is 0.0465. The van der Waals surface area contributed by atoms with Gasteiger partial charge in [-0.15, -0.1) is 0 Å². The highest BCUT2D eigenvalue weighted by atomic mass is 16.6. The Balaban J connectivity index is 1.54. The molecule has 3 aliphatic rings. The summed E-state index contributed by atoms with van der Waals surface area (Å²) in [5, 5.41) is 4.23. The largest absolute Gasteiger partial charge is 0.390 e. The van der Waals surface area contributed by atoms with Gasteiger partial charge in [-0.1, -0.05) is 11.2 Å². The predicted molar refractivity (Wildman–Crippen MR) is 72.9 cm³/mol. The highest BCUT2D eigenvalue weighted by molar-refractivity contribution is 6.01. The van der Waals surface area contributed by atoms with Gasteiger partial charge < -0.3 is 14.6 Å². The Bertz CT molecular complexity index is 430. The Morgan fingerprint density at radius 1 is 1.47 bits per heavy atom. The molecule has 19 heavy (non-hydrogen) atoms. The second kappa shape index (κ2) is 5.33. The SMILES string of the molecule is CN1CCC=C(C2=NOC(CN3CCCC3=O)C2)C1. The normalized spacial score (nSPS) is 28.4. The summed E-state index contributed by atoms with van der Waals surface area (Å²) in [4.78, 5) is 21.3. The number of hydrogen-bond acceptors (Lipinski definition) is 4. The van der Waals surface area contributed by atoms with Gasteiger partial charge in [0, 0.05) is 32.5 Å². The molecule has 0 radical (unpaired) electrons. The van der Waals surface area contributed by atoms with Crippen molar-refractivity contribution >= 4 is 11.6 Å². The van der Waals surface area contributed by atoms with Crippen molar-refractivity contribution in [3.05, 3.63) is 11.6 Å². The van der Waals surface area contributed by atoms with E-state index >= 15 is 0 Å². The van der Waals surface area contributed by atoms with Gasteiger partial charge in [0.2, 0.25) is 5.91 Å². The zero-order valence-electron chi connectivity index (χ0n) is 11.5. The van der Waals surface area contributed by atoms with E-state index in [-0.39, 0.29) is 12.0 Å². The number of hydrogen-bond donors (Lipinski definition) is 0. The first-order valence-electron chi connectivity index (χ1n) is 7.11. The van der Waals surface area contributed by atoms with E-state index in [4.69, 9.17) is 4.84 Å². The van der Waals surface area contributed by atoms with Crippen molar-refractivity contribution in [1.82, 2.24) is 9.80 Å². The molecule has 3 aliphatic heterocycles. The number of carbonyl (C=O) groups is 1. The molecule has 104 valence electrons. The van der Waals surface area contributed by atoms with Gasteiger partial charge in [-0.25, -0.2) is 0 Å². The van der Waals surface area contributed by atoms with Crippen molar-refractivity contribution in [1.29, 1.82) is 0 Å². The Kier molecular flexibility index (Phi) is 3.55. The molecule has 0 aliphatic carbocycles. The summed E-state index contributed by atoms with van der Waals surface area (Å²) in [5.41, 5.74) is 2.37. The van der Waals surface area contributed by atoms with Crippen LogP contribution in [-0.4, -0.2) is 60.7 Å². The second-order valence-corrected chi connectivity index (χ2v) is 5.67. The lowest BCUT2D eigenvalue weighted by Crippen LogP contribution is -2.34. The van der Waals surface area contributed by atoms with Gasteiger partial charge in [0.15, 0.2) is 6.10 Å². The number of carbonyl (C=O) groups excluding carboxylic acids is 1. The van der Waals surface area contributed by atoms with Gasteiger partial charge in [0.05, 0.1) is 12.3 Å². The first-order chi connectivity index (χ1) is 9.22. The summed E-state index contributed by atoms with van der Waals surface area (Å²) < 4.78 is 0. The molecule has 5 nitrogen and oxygen atoms in total. The van der Waals surface area contributed by atoms with Crippen LogP contribution in [0.2, 0.25) is 0 Å². The van der Waals surface area contributed by atoms with E-state index in [9.17, 15) is 4.79 Å². The number of oxime groups is 1. The maximum Gasteiger partial charge on any atom is 0.222 e. The third-order valence-corrected chi connectivity index (χ3v) is 4.04. The molecule has 5 heteroatoms. The third kappa shape index (κ3) is 2.81. The molecule has 0 aromatic carbocycles. The molecule has 1 saturated heterocycles.